The Morgan fingerprint density at radius 1 is 1.22 bits per heavy atom. The lowest BCUT2D eigenvalue weighted by molar-refractivity contribution is -0.125. The van der Waals surface area contributed by atoms with Crippen LogP contribution in [-0.4, -0.2) is 31.1 Å². The third-order valence-corrected chi connectivity index (χ3v) is 4.85. The summed E-state index contributed by atoms with van der Waals surface area (Å²) in [5, 5.41) is 5.86. The van der Waals surface area contributed by atoms with Crippen molar-refractivity contribution in [3.05, 3.63) is 29.3 Å². The molecule has 124 valence electrons. The molecular weight excluding hydrogens is 292 g/mol. The Morgan fingerprint density at radius 3 is 2.74 bits per heavy atom. The van der Waals surface area contributed by atoms with Gasteiger partial charge in [0.05, 0.1) is 17.9 Å². The highest BCUT2D eigenvalue weighted by Gasteiger charge is 2.48. The van der Waals surface area contributed by atoms with Crippen LogP contribution in [-0.2, 0) is 14.3 Å². The third kappa shape index (κ3) is 3.72. The van der Waals surface area contributed by atoms with Crippen molar-refractivity contribution in [3.63, 3.8) is 0 Å². The van der Waals surface area contributed by atoms with Gasteiger partial charge in [0.1, 0.15) is 0 Å². The van der Waals surface area contributed by atoms with Gasteiger partial charge in [-0.3, -0.25) is 9.59 Å². The normalized spacial score (nSPS) is 25.9. The summed E-state index contributed by atoms with van der Waals surface area (Å²) in [6.45, 7) is 5.35. The molecule has 2 fully saturated rings. The first-order valence-corrected chi connectivity index (χ1v) is 8.32. The number of anilines is 1. The van der Waals surface area contributed by atoms with Gasteiger partial charge >= 0.3 is 0 Å². The van der Waals surface area contributed by atoms with Gasteiger partial charge in [-0.15, -0.1) is 0 Å². The maximum Gasteiger partial charge on any atom is 0.228 e. The van der Waals surface area contributed by atoms with Crippen LogP contribution in [0.3, 0.4) is 0 Å². The molecule has 3 rings (SSSR count). The molecular formula is C18H24N2O3. The lowest BCUT2D eigenvalue weighted by atomic mass is 10.1. The zero-order valence-corrected chi connectivity index (χ0v) is 13.7. The van der Waals surface area contributed by atoms with E-state index >= 15 is 0 Å². The highest BCUT2D eigenvalue weighted by molar-refractivity contribution is 6.00. The zero-order chi connectivity index (χ0) is 16.4. The van der Waals surface area contributed by atoms with E-state index in [1.54, 1.807) is 0 Å². The van der Waals surface area contributed by atoms with Gasteiger partial charge in [-0.25, -0.2) is 0 Å². The van der Waals surface area contributed by atoms with Crippen LogP contribution < -0.4 is 10.6 Å². The molecule has 2 aliphatic rings. The molecule has 2 amide bonds. The molecule has 3 unspecified atom stereocenters. The second kappa shape index (κ2) is 6.71. The summed E-state index contributed by atoms with van der Waals surface area (Å²) in [5.41, 5.74) is 3.05. The smallest absolute Gasteiger partial charge is 0.228 e. The van der Waals surface area contributed by atoms with Crippen LogP contribution in [0.1, 0.15) is 30.4 Å². The minimum absolute atomic E-state index is 0.0263. The van der Waals surface area contributed by atoms with Crippen molar-refractivity contribution < 1.29 is 14.3 Å². The standard InChI is InChI=1S/C18H24N2O3/c1-11-5-3-7-16(12(11)2)20-18(22)15-9-14(15)17(21)19-10-13-6-4-8-23-13/h3,5,7,13-15H,4,6,8-10H2,1-2H3,(H,19,21)(H,20,22). The van der Waals surface area contributed by atoms with Crippen LogP contribution in [0.15, 0.2) is 18.2 Å². The Morgan fingerprint density at radius 2 is 2.00 bits per heavy atom. The van der Waals surface area contributed by atoms with Gasteiger partial charge in [-0.05, 0) is 50.3 Å². The molecule has 1 aliphatic heterocycles. The molecule has 0 radical (unpaired) electrons. The predicted octanol–water partition coefficient (Wildman–Crippen LogP) is 2.17. The van der Waals surface area contributed by atoms with Crippen LogP contribution >= 0.6 is 0 Å². The van der Waals surface area contributed by atoms with E-state index in [1.807, 2.05) is 32.0 Å². The molecule has 0 bridgehead atoms. The molecule has 1 aliphatic carbocycles. The average Bonchev–Trinajstić information content (AvgIpc) is 3.17. The Hall–Kier alpha value is -1.88. The quantitative estimate of drug-likeness (QED) is 0.875. The summed E-state index contributed by atoms with van der Waals surface area (Å²) in [6.07, 6.45) is 2.83. The van der Waals surface area contributed by atoms with Crippen LogP contribution in [0.2, 0.25) is 0 Å². The number of hydrogen-bond donors (Lipinski definition) is 2. The molecule has 23 heavy (non-hydrogen) atoms. The first-order chi connectivity index (χ1) is 11.1. The molecule has 2 N–H and O–H groups in total. The molecule has 1 saturated heterocycles. The number of benzene rings is 1. The number of rotatable bonds is 5. The first-order valence-electron chi connectivity index (χ1n) is 8.32. The fourth-order valence-electron chi connectivity index (χ4n) is 3.04. The van der Waals surface area contributed by atoms with E-state index < -0.39 is 0 Å². The van der Waals surface area contributed by atoms with Crippen molar-refractivity contribution in [1.82, 2.24) is 5.32 Å². The summed E-state index contributed by atoms with van der Waals surface area (Å²) in [5.74, 6) is -0.487. The molecule has 1 heterocycles. The second-order valence-electron chi connectivity index (χ2n) is 6.57. The van der Waals surface area contributed by atoms with Gasteiger partial charge in [0, 0.05) is 18.8 Å². The van der Waals surface area contributed by atoms with E-state index in [0.717, 1.165) is 36.3 Å². The SMILES string of the molecule is Cc1cccc(NC(=O)C2CC2C(=O)NCC2CCCO2)c1C. The molecule has 5 heteroatoms. The van der Waals surface area contributed by atoms with E-state index in [-0.39, 0.29) is 29.8 Å². The van der Waals surface area contributed by atoms with Crippen molar-refractivity contribution in [2.24, 2.45) is 11.8 Å². The summed E-state index contributed by atoms with van der Waals surface area (Å²) < 4.78 is 5.49. The van der Waals surface area contributed by atoms with E-state index in [9.17, 15) is 9.59 Å². The van der Waals surface area contributed by atoms with Gasteiger partial charge in [0.25, 0.3) is 0 Å². The van der Waals surface area contributed by atoms with Gasteiger partial charge in [0.2, 0.25) is 11.8 Å². The Bertz CT molecular complexity index is 608. The molecule has 1 aromatic rings. The number of amides is 2. The van der Waals surface area contributed by atoms with Crippen LogP contribution in [0, 0.1) is 25.7 Å². The van der Waals surface area contributed by atoms with Crippen molar-refractivity contribution in [3.8, 4) is 0 Å². The lowest BCUT2D eigenvalue weighted by Gasteiger charge is -2.11. The molecule has 3 atom stereocenters. The Labute approximate surface area is 136 Å². The van der Waals surface area contributed by atoms with Crippen molar-refractivity contribution >= 4 is 17.5 Å². The maximum absolute atomic E-state index is 12.3. The van der Waals surface area contributed by atoms with E-state index in [1.165, 1.54) is 0 Å². The van der Waals surface area contributed by atoms with Crippen LogP contribution in [0.5, 0.6) is 0 Å². The Balaban J connectivity index is 1.48. The third-order valence-electron chi connectivity index (χ3n) is 4.85. The van der Waals surface area contributed by atoms with Gasteiger partial charge in [-0.1, -0.05) is 12.1 Å². The number of hydrogen-bond acceptors (Lipinski definition) is 3. The van der Waals surface area contributed by atoms with Crippen molar-refractivity contribution in [1.29, 1.82) is 0 Å². The van der Waals surface area contributed by atoms with E-state index in [2.05, 4.69) is 10.6 Å². The Kier molecular flexibility index (Phi) is 4.66. The zero-order valence-electron chi connectivity index (χ0n) is 13.7. The van der Waals surface area contributed by atoms with E-state index in [4.69, 9.17) is 4.74 Å². The van der Waals surface area contributed by atoms with Crippen molar-refractivity contribution in [2.45, 2.75) is 39.2 Å². The minimum atomic E-state index is -0.209. The van der Waals surface area contributed by atoms with Crippen LogP contribution in [0.25, 0.3) is 0 Å². The number of aryl methyl sites for hydroxylation is 1. The fraction of sp³-hybridized carbons (Fsp3) is 0.556. The van der Waals surface area contributed by atoms with Gasteiger partial charge in [0.15, 0.2) is 0 Å². The number of ether oxygens (including phenoxy) is 1. The van der Waals surface area contributed by atoms with Crippen molar-refractivity contribution in [2.75, 3.05) is 18.5 Å². The first kappa shape index (κ1) is 16.0. The molecule has 1 aromatic carbocycles. The maximum atomic E-state index is 12.3. The summed E-state index contributed by atoms with van der Waals surface area (Å²) in [4.78, 5) is 24.4. The monoisotopic (exact) mass is 316 g/mol. The molecule has 0 aromatic heterocycles. The molecule has 1 saturated carbocycles. The van der Waals surface area contributed by atoms with Gasteiger partial charge < -0.3 is 15.4 Å². The largest absolute Gasteiger partial charge is 0.376 e. The fourth-order valence-corrected chi connectivity index (χ4v) is 3.04. The van der Waals surface area contributed by atoms with Gasteiger partial charge in [-0.2, -0.15) is 0 Å². The number of carbonyl (C=O) groups is 2. The molecule has 0 spiro atoms. The lowest BCUT2D eigenvalue weighted by Crippen LogP contribution is -2.33. The number of nitrogens with one attached hydrogen (secondary N) is 2. The summed E-state index contributed by atoms with van der Waals surface area (Å²) >= 11 is 0. The highest BCUT2D eigenvalue weighted by Crippen LogP contribution is 2.39. The topological polar surface area (TPSA) is 67.4 Å². The van der Waals surface area contributed by atoms with Crippen LogP contribution in [0.4, 0.5) is 5.69 Å². The molecule has 5 nitrogen and oxygen atoms in total. The average molecular weight is 316 g/mol. The minimum Gasteiger partial charge on any atom is -0.376 e. The summed E-state index contributed by atoms with van der Waals surface area (Å²) in [7, 11) is 0. The summed E-state index contributed by atoms with van der Waals surface area (Å²) in [6, 6.07) is 5.84. The second-order valence-corrected chi connectivity index (χ2v) is 6.57. The predicted molar refractivity (Wildman–Crippen MR) is 88.1 cm³/mol. The van der Waals surface area contributed by atoms with E-state index in [0.29, 0.717) is 13.0 Å². The number of carbonyl (C=O) groups excluding carboxylic acids is 2. The highest BCUT2D eigenvalue weighted by atomic mass is 16.5.